The van der Waals surface area contributed by atoms with Crippen LogP contribution in [0.1, 0.15) is 11.1 Å². The molecule has 0 aliphatic carbocycles. The van der Waals surface area contributed by atoms with Gasteiger partial charge in [-0.3, -0.25) is 0 Å². The van der Waals surface area contributed by atoms with Gasteiger partial charge in [-0.05, 0) is 26.1 Å². The van der Waals surface area contributed by atoms with Gasteiger partial charge in [0.15, 0.2) is 0 Å². The van der Waals surface area contributed by atoms with Gasteiger partial charge in [-0.25, -0.2) is 4.68 Å². The zero-order chi connectivity index (χ0) is 10.7. The standard InChI is InChI=1S/C12H15N3/c1-10-3-5-12(6-4-10)15-9-11(7-13-2)8-14-15/h3-6,8-9,13H,7H2,1-2H3. The van der Waals surface area contributed by atoms with E-state index < -0.39 is 0 Å². The summed E-state index contributed by atoms with van der Waals surface area (Å²) in [6.07, 6.45) is 3.93. The van der Waals surface area contributed by atoms with E-state index in [0.29, 0.717) is 0 Å². The van der Waals surface area contributed by atoms with E-state index >= 15 is 0 Å². The molecule has 1 heterocycles. The third-order valence-electron chi connectivity index (χ3n) is 2.32. The van der Waals surface area contributed by atoms with Gasteiger partial charge in [0, 0.05) is 18.3 Å². The summed E-state index contributed by atoms with van der Waals surface area (Å²) in [6.45, 7) is 2.94. The number of hydrogen-bond acceptors (Lipinski definition) is 2. The van der Waals surface area contributed by atoms with Crippen molar-refractivity contribution < 1.29 is 0 Å². The first-order chi connectivity index (χ1) is 7.29. The number of nitrogens with zero attached hydrogens (tertiary/aromatic N) is 2. The molecule has 0 bridgehead atoms. The third kappa shape index (κ3) is 2.25. The summed E-state index contributed by atoms with van der Waals surface area (Å²) in [4.78, 5) is 0. The van der Waals surface area contributed by atoms with Gasteiger partial charge in [0.1, 0.15) is 0 Å². The molecule has 0 atom stereocenters. The number of hydrogen-bond donors (Lipinski definition) is 1. The first-order valence-electron chi connectivity index (χ1n) is 5.05. The molecule has 1 aromatic heterocycles. The summed E-state index contributed by atoms with van der Waals surface area (Å²) in [5.41, 5.74) is 3.56. The van der Waals surface area contributed by atoms with E-state index in [1.165, 1.54) is 11.1 Å². The number of aryl methyl sites for hydroxylation is 1. The van der Waals surface area contributed by atoms with Crippen LogP contribution in [-0.4, -0.2) is 16.8 Å². The molecular weight excluding hydrogens is 186 g/mol. The van der Waals surface area contributed by atoms with Crippen molar-refractivity contribution in [3.63, 3.8) is 0 Å². The van der Waals surface area contributed by atoms with Crippen molar-refractivity contribution in [3.8, 4) is 5.69 Å². The fourth-order valence-electron chi connectivity index (χ4n) is 1.49. The van der Waals surface area contributed by atoms with Crippen LogP contribution >= 0.6 is 0 Å². The van der Waals surface area contributed by atoms with Crippen LogP contribution in [-0.2, 0) is 6.54 Å². The van der Waals surface area contributed by atoms with Gasteiger partial charge in [-0.2, -0.15) is 5.10 Å². The summed E-state index contributed by atoms with van der Waals surface area (Å²) in [6, 6.07) is 8.33. The van der Waals surface area contributed by atoms with E-state index in [-0.39, 0.29) is 0 Å². The summed E-state index contributed by atoms with van der Waals surface area (Å²) >= 11 is 0. The van der Waals surface area contributed by atoms with E-state index in [1.54, 1.807) is 0 Å². The van der Waals surface area contributed by atoms with Crippen LogP contribution in [0.3, 0.4) is 0 Å². The van der Waals surface area contributed by atoms with Crippen LogP contribution in [0.4, 0.5) is 0 Å². The Hall–Kier alpha value is -1.61. The fourth-order valence-corrected chi connectivity index (χ4v) is 1.49. The second-order valence-corrected chi connectivity index (χ2v) is 3.66. The van der Waals surface area contributed by atoms with E-state index in [4.69, 9.17) is 0 Å². The molecule has 0 amide bonds. The van der Waals surface area contributed by atoms with E-state index in [9.17, 15) is 0 Å². The molecule has 0 radical (unpaired) electrons. The fraction of sp³-hybridized carbons (Fsp3) is 0.250. The van der Waals surface area contributed by atoms with E-state index in [1.807, 2.05) is 24.1 Å². The predicted molar refractivity (Wildman–Crippen MR) is 61.1 cm³/mol. The summed E-state index contributed by atoms with van der Waals surface area (Å²) in [5, 5.41) is 7.42. The average Bonchev–Trinajstić information content (AvgIpc) is 2.68. The second-order valence-electron chi connectivity index (χ2n) is 3.66. The van der Waals surface area contributed by atoms with Crippen molar-refractivity contribution in [2.24, 2.45) is 0 Å². The minimum Gasteiger partial charge on any atom is -0.316 e. The summed E-state index contributed by atoms with van der Waals surface area (Å²) in [7, 11) is 1.93. The molecule has 78 valence electrons. The SMILES string of the molecule is CNCc1cnn(-c2ccc(C)cc2)c1. The van der Waals surface area contributed by atoms with Gasteiger partial charge < -0.3 is 5.32 Å². The van der Waals surface area contributed by atoms with Crippen LogP contribution < -0.4 is 5.32 Å². The molecule has 0 aliphatic rings. The molecule has 2 aromatic rings. The Kier molecular flexibility index (Phi) is 2.83. The molecule has 0 saturated heterocycles. The molecule has 1 aromatic carbocycles. The van der Waals surface area contributed by atoms with Crippen LogP contribution in [0.15, 0.2) is 36.7 Å². The highest BCUT2D eigenvalue weighted by atomic mass is 15.3. The van der Waals surface area contributed by atoms with Gasteiger partial charge in [-0.1, -0.05) is 17.7 Å². The van der Waals surface area contributed by atoms with Gasteiger partial charge >= 0.3 is 0 Å². The van der Waals surface area contributed by atoms with Gasteiger partial charge in [-0.15, -0.1) is 0 Å². The highest BCUT2D eigenvalue weighted by Crippen LogP contribution is 2.09. The van der Waals surface area contributed by atoms with Crippen LogP contribution in [0.25, 0.3) is 5.69 Å². The average molecular weight is 201 g/mol. The molecule has 1 N–H and O–H groups in total. The molecule has 3 heteroatoms. The third-order valence-corrected chi connectivity index (χ3v) is 2.32. The highest BCUT2D eigenvalue weighted by molar-refractivity contribution is 5.33. The number of benzene rings is 1. The molecule has 2 rings (SSSR count). The summed E-state index contributed by atoms with van der Waals surface area (Å²) < 4.78 is 1.89. The van der Waals surface area contributed by atoms with Crippen molar-refractivity contribution in [3.05, 3.63) is 47.8 Å². The molecule has 0 spiro atoms. The van der Waals surface area contributed by atoms with Crippen molar-refractivity contribution in [2.75, 3.05) is 7.05 Å². The maximum absolute atomic E-state index is 4.31. The smallest absolute Gasteiger partial charge is 0.0645 e. The van der Waals surface area contributed by atoms with Gasteiger partial charge in [0.05, 0.1) is 11.9 Å². The largest absolute Gasteiger partial charge is 0.316 e. The lowest BCUT2D eigenvalue weighted by molar-refractivity contribution is 0.816. The second kappa shape index (κ2) is 4.28. The number of nitrogens with one attached hydrogen (secondary N) is 1. The molecule has 0 unspecified atom stereocenters. The number of rotatable bonds is 3. The predicted octanol–water partition coefficient (Wildman–Crippen LogP) is 1.90. The molecule has 0 saturated carbocycles. The first kappa shape index (κ1) is 9.93. The van der Waals surface area contributed by atoms with Crippen LogP contribution in [0.2, 0.25) is 0 Å². The zero-order valence-electron chi connectivity index (χ0n) is 9.07. The Bertz CT molecular complexity index is 428. The molecule has 0 aliphatic heterocycles. The lowest BCUT2D eigenvalue weighted by Gasteiger charge is -2.00. The molecule has 0 fully saturated rings. The van der Waals surface area contributed by atoms with Crippen LogP contribution in [0, 0.1) is 6.92 Å². The van der Waals surface area contributed by atoms with Crippen molar-refractivity contribution in [1.29, 1.82) is 0 Å². The van der Waals surface area contributed by atoms with Crippen LogP contribution in [0.5, 0.6) is 0 Å². The van der Waals surface area contributed by atoms with Crippen molar-refractivity contribution in [1.82, 2.24) is 15.1 Å². The molecule has 3 nitrogen and oxygen atoms in total. The molecular formula is C12H15N3. The lowest BCUT2D eigenvalue weighted by atomic mass is 10.2. The first-order valence-corrected chi connectivity index (χ1v) is 5.05. The highest BCUT2D eigenvalue weighted by Gasteiger charge is 1.99. The maximum Gasteiger partial charge on any atom is 0.0645 e. The van der Waals surface area contributed by atoms with Gasteiger partial charge in [0.25, 0.3) is 0 Å². The Morgan fingerprint density at radius 2 is 2.00 bits per heavy atom. The van der Waals surface area contributed by atoms with Gasteiger partial charge in [0.2, 0.25) is 0 Å². The zero-order valence-corrected chi connectivity index (χ0v) is 9.07. The Balaban J connectivity index is 2.25. The van der Waals surface area contributed by atoms with E-state index in [2.05, 4.69) is 41.6 Å². The normalized spacial score (nSPS) is 10.5. The topological polar surface area (TPSA) is 29.9 Å². The van der Waals surface area contributed by atoms with E-state index in [0.717, 1.165) is 12.2 Å². The minimum absolute atomic E-state index is 0.853. The maximum atomic E-state index is 4.31. The Morgan fingerprint density at radius 3 is 2.67 bits per heavy atom. The Labute approximate surface area is 89.7 Å². The number of aromatic nitrogens is 2. The quantitative estimate of drug-likeness (QED) is 0.822. The minimum atomic E-state index is 0.853. The molecule has 15 heavy (non-hydrogen) atoms. The Morgan fingerprint density at radius 1 is 1.27 bits per heavy atom. The summed E-state index contributed by atoms with van der Waals surface area (Å²) in [5.74, 6) is 0. The monoisotopic (exact) mass is 201 g/mol. The van der Waals surface area contributed by atoms with Crippen molar-refractivity contribution in [2.45, 2.75) is 13.5 Å². The van der Waals surface area contributed by atoms with Crippen molar-refractivity contribution >= 4 is 0 Å². The lowest BCUT2D eigenvalue weighted by Crippen LogP contribution is -2.03.